The Labute approximate surface area is 415 Å². The summed E-state index contributed by atoms with van der Waals surface area (Å²) in [6.07, 6.45) is -9.74. The van der Waals surface area contributed by atoms with Crippen LogP contribution in [0.1, 0.15) is 73.1 Å². The zero-order valence-corrected chi connectivity index (χ0v) is 41.7. The van der Waals surface area contributed by atoms with Crippen LogP contribution in [0.5, 0.6) is 0 Å². The van der Waals surface area contributed by atoms with E-state index in [1.165, 1.54) is 51.9 Å². The molecule has 4 atom stereocenters. The number of rotatable bonds is 15. The van der Waals surface area contributed by atoms with Gasteiger partial charge in [-0.2, -0.15) is 45.3 Å². The van der Waals surface area contributed by atoms with Gasteiger partial charge in [0, 0.05) is 34.9 Å². The summed E-state index contributed by atoms with van der Waals surface area (Å²) in [5.41, 5.74) is -5.64. The summed E-state index contributed by atoms with van der Waals surface area (Å²) in [5.74, 6) is -6.69. The molecule has 1 fully saturated rings. The summed E-state index contributed by atoms with van der Waals surface area (Å²) in [5, 5.41) is 8.97. The van der Waals surface area contributed by atoms with Crippen LogP contribution in [0.3, 0.4) is 0 Å². The maximum atomic E-state index is 15.6. The number of carbonyl (C=O) groups is 2. The van der Waals surface area contributed by atoms with Gasteiger partial charge in [-0.1, -0.05) is 23.6 Å². The summed E-state index contributed by atoms with van der Waals surface area (Å²) >= 11 is 6.67. The van der Waals surface area contributed by atoms with Gasteiger partial charge in [0.05, 0.1) is 33.9 Å². The van der Waals surface area contributed by atoms with Gasteiger partial charge in [0.15, 0.2) is 28.1 Å². The van der Waals surface area contributed by atoms with Crippen molar-refractivity contribution >= 4 is 60.1 Å². The molecule has 3 aromatic heterocycles. The molecule has 1 amide bonds. The molecule has 7 rings (SSSR count). The van der Waals surface area contributed by atoms with Crippen LogP contribution in [0.4, 0.5) is 49.7 Å². The van der Waals surface area contributed by atoms with Crippen molar-refractivity contribution in [1.29, 1.82) is 0 Å². The molecule has 5 aromatic rings. The number of anilines is 1. The number of alkyl halides is 8. The van der Waals surface area contributed by atoms with E-state index in [1.807, 2.05) is 0 Å². The number of hydrogen-bond donors (Lipinski definition) is 1. The second-order valence-corrected chi connectivity index (χ2v) is 23.2. The first kappa shape index (κ1) is 54.8. The fourth-order valence-corrected chi connectivity index (χ4v) is 9.36. The Hall–Kier alpha value is -5.98. The highest BCUT2D eigenvalue weighted by Crippen LogP contribution is 2.68. The predicted octanol–water partition coefficient (Wildman–Crippen LogP) is 7.51. The van der Waals surface area contributed by atoms with Crippen molar-refractivity contribution in [3.05, 3.63) is 93.0 Å². The molecule has 0 aliphatic heterocycles. The maximum absolute atomic E-state index is 15.6. The summed E-state index contributed by atoms with van der Waals surface area (Å²) in [4.78, 5) is 33.0. The van der Waals surface area contributed by atoms with E-state index in [0.29, 0.717) is 21.3 Å². The summed E-state index contributed by atoms with van der Waals surface area (Å²) in [6, 6.07) is 4.03. The average Bonchev–Trinajstić information content (AvgIpc) is 3.76. The third kappa shape index (κ3) is 11.3. The summed E-state index contributed by atoms with van der Waals surface area (Å²) in [6.45, 7) is -0.418. The quantitative estimate of drug-likeness (QED) is 0.0475. The molecule has 0 unspecified atom stereocenters. The van der Waals surface area contributed by atoms with E-state index >= 15 is 8.78 Å². The second-order valence-electron chi connectivity index (χ2n) is 18.4. The van der Waals surface area contributed by atoms with E-state index in [1.54, 1.807) is 0 Å². The minimum absolute atomic E-state index is 0.202. The molecule has 394 valence electrons. The van der Waals surface area contributed by atoms with Crippen LogP contribution in [-0.4, -0.2) is 108 Å². The van der Waals surface area contributed by atoms with Gasteiger partial charge in [-0.3, -0.25) is 23.9 Å². The number of carbonyl (C=O) groups excluding carboxylic acids is 2. The minimum atomic E-state index is -5.22. The second kappa shape index (κ2) is 19.1. The lowest BCUT2D eigenvalue weighted by Gasteiger charge is -2.24. The van der Waals surface area contributed by atoms with Crippen LogP contribution in [0.15, 0.2) is 42.5 Å². The van der Waals surface area contributed by atoms with Crippen molar-refractivity contribution in [2.75, 3.05) is 37.6 Å². The third-order valence-corrected chi connectivity index (χ3v) is 15.7. The Morgan fingerprint density at radius 3 is 2.16 bits per heavy atom. The lowest BCUT2D eigenvalue weighted by molar-refractivity contribution is -0.148. The van der Waals surface area contributed by atoms with Crippen molar-refractivity contribution in [2.45, 2.75) is 87.7 Å². The van der Waals surface area contributed by atoms with Crippen molar-refractivity contribution in [3.63, 3.8) is 0 Å². The highest BCUT2D eigenvalue weighted by molar-refractivity contribution is 7.92. The fourth-order valence-electron chi connectivity index (χ4n) is 8.20. The number of benzene rings is 2. The van der Waals surface area contributed by atoms with Crippen molar-refractivity contribution in [1.82, 2.24) is 34.8 Å². The third-order valence-electron chi connectivity index (χ3n) is 12.4. The molecule has 2 aliphatic rings. The predicted molar refractivity (Wildman–Crippen MR) is 244 cm³/mol. The number of nitrogens with zero attached hydrogens (tertiary/aromatic N) is 7. The number of sulfonamides is 1. The summed E-state index contributed by atoms with van der Waals surface area (Å²) in [7, 11) is -5.47. The van der Waals surface area contributed by atoms with Crippen LogP contribution in [0.25, 0.3) is 22.0 Å². The Morgan fingerprint density at radius 2 is 1.59 bits per heavy atom. The Balaban J connectivity index is 1.47. The number of sulfone groups is 1. The van der Waals surface area contributed by atoms with Gasteiger partial charge in [0.1, 0.15) is 46.9 Å². The van der Waals surface area contributed by atoms with Crippen LogP contribution in [0, 0.1) is 29.4 Å². The van der Waals surface area contributed by atoms with Crippen LogP contribution in [-0.2, 0) is 65.8 Å². The first-order valence-corrected chi connectivity index (χ1v) is 25.7. The highest BCUT2D eigenvalue weighted by atomic mass is 35.5. The van der Waals surface area contributed by atoms with E-state index in [-0.39, 0.29) is 33.5 Å². The smallest absolute Gasteiger partial charge is 0.435 e. The number of nitrogens with one attached hydrogen (secondary N) is 1. The Morgan fingerprint density at radius 1 is 0.959 bits per heavy atom. The summed E-state index contributed by atoms with van der Waals surface area (Å²) < 4.78 is 204. The normalized spacial score (nSPS) is 17.4. The molecule has 3 heterocycles. The Bertz CT molecular complexity index is 3330. The van der Waals surface area contributed by atoms with E-state index < -0.39 is 161 Å². The van der Waals surface area contributed by atoms with Gasteiger partial charge in [-0.25, -0.2) is 34.9 Å². The van der Waals surface area contributed by atoms with Gasteiger partial charge in [-0.05, 0) is 95.4 Å². The molecule has 15 nitrogen and oxygen atoms in total. The molecule has 1 N–H and O–H groups in total. The van der Waals surface area contributed by atoms with Gasteiger partial charge < -0.3 is 10.1 Å². The van der Waals surface area contributed by atoms with Gasteiger partial charge in [0.25, 0.3) is 5.92 Å². The number of amides is 1. The highest BCUT2D eigenvalue weighted by Gasteiger charge is 2.68. The molecule has 0 bridgehead atoms. The minimum Gasteiger partial charge on any atom is -0.442 e. The number of fused-ring (bicyclic) bond motifs is 4. The number of esters is 1. The molecular weight excluding hydrogens is 1050 g/mol. The molecule has 0 spiro atoms. The lowest BCUT2D eigenvalue weighted by Crippen LogP contribution is -2.39. The first-order chi connectivity index (χ1) is 33.5. The van der Waals surface area contributed by atoms with Crippen LogP contribution in [0.2, 0.25) is 5.02 Å². The number of halogens is 11. The molecule has 2 aliphatic carbocycles. The molecule has 0 radical (unpaired) electrons. The van der Waals surface area contributed by atoms with Crippen LogP contribution >= 0.6 is 11.6 Å². The fraction of sp³-hybridized carbons (Fsp3) is 0.444. The van der Waals surface area contributed by atoms with Gasteiger partial charge in [0.2, 0.25) is 15.9 Å². The average molecular weight is 1100 g/mol. The van der Waals surface area contributed by atoms with E-state index in [0.717, 1.165) is 30.5 Å². The monoisotopic (exact) mass is 1100 g/mol. The number of aromatic nitrogens is 5. The zero-order valence-electron chi connectivity index (χ0n) is 39.3. The Kier molecular flexibility index (Phi) is 14.3. The molecule has 2 aromatic carbocycles. The number of hydrogen-bond acceptors (Lipinski definition) is 11. The van der Waals surface area contributed by atoms with Crippen LogP contribution < -0.4 is 9.62 Å². The molecule has 0 saturated heterocycles. The van der Waals surface area contributed by atoms with Crippen molar-refractivity contribution < 1.29 is 75.1 Å². The number of likely N-dealkylation sites (N-methyl/N-ethyl adjacent to an activating group) is 1. The molecule has 28 heteroatoms. The zero-order chi connectivity index (χ0) is 54.3. The maximum Gasteiger partial charge on any atom is 0.435 e. The SMILES string of the molecule is C[C@@H](C(=O)OCN(c1nn(CC(F)(F)F)c2c(-c3ccc(C#CC(C)(C)S(C)(=O)=O)nc3[C@H](Cc3cc(F)cc(F)c3)NC(=O)Cn3nc(C(F)(F)F)c4c3C(F)(F)[C@@H]3C[C@H]43)ccc(Cl)c12)S(C)(=O)=O)N(C)C. The molecule has 73 heavy (non-hydrogen) atoms. The standard InChI is InChI=1S/C45H43ClF10N8O7S2/c1-22(61(4)5)41(66)71-21-64(73(7,69)70)40-35-31(46)11-10-28(37(35)63(60-40)20-43(49,50)51)27-9-8-26(12-13-42(2,3)72(6,67)68)57-36(27)32(16-23-14-24(47)17-25(48)15-23)58-33(65)19-62-39-34(38(59-62)45(54,55)56)29-18-30(29)44(39,52)53/h8-11,14-15,17,22,29-30,32H,16,18-21H2,1-7H3,(H,58,65)/t22-,29-,30+,32-/m0/s1. The number of pyridine rings is 1. The topological polar surface area (TPSA) is 179 Å². The van der Waals surface area contributed by atoms with Gasteiger partial charge >= 0.3 is 18.3 Å². The van der Waals surface area contributed by atoms with Crippen molar-refractivity contribution in [2.24, 2.45) is 5.92 Å². The van der Waals surface area contributed by atoms with E-state index in [9.17, 15) is 61.5 Å². The lowest BCUT2D eigenvalue weighted by atomic mass is 9.93. The van der Waals surface area contributed by atoms with Crippen molar-refractivity contribution in [3.8, 4) is 23.0 Å². The first-order valence-electron chi connectivity index (χ1n) is 21.6. The largest absolute Gasteiger partial charge is 0.442 e. The molecule has 1 saturated carbocycles. The van der Waals surface area contributed by atoms with Gasteiger partial charge in [-0.15, -0.1) is 0 Å². The van der Waals surface area contributed by atoms with E-state index in [4.69, 9.17) is 16.3 Å². The van der Waals surface area contributed by atoms with E-state index in [2.05, 4.69) is 32.3 Å². The number of ether oxygens (including phenoxy) is 1. The molecular formula is C45H43ClF10N8O7S2.